The molecule has 2 amide bonds. The van der Waals surface area contributed by atoms with Crippen molar-refractivity contribution in [2.24, 2.45) is 11.8 Å². The maximum absolute atomic E-state index is 12.9. The Morgan fingerprint density at radius 2 is 2.07 bits per heavy atom. The Morgan fingerprint density at radius 1 is 1.33 bits per heavy atom. The van der Waals surface area contributed by atoms with Crippen LogP contribution in [0.2, 0.25) is 0 Å². The fourth-order valence-corrected chi connectivity index (χ4v) is 3.91. The molecule has 0 saturated carbocycles. The second-order valence-corrected chi connectivity index (χ2v) is 8.55. The number of piperidine rings is 1. The molecule has 1 aliphatic heterocycles. The predicted octanol–water partition coefficient (Wildman–Crippen LogP) is 3.42. The molecule has 2 N–H and O–H groups in total. The fraction of sp³-hybridized carbons (Fsp3) is 0.450. The van der Waals surface area contributed by atoms with Crippen molar-refractivity contribution in [3.8, 4) is 0 Å². The first-order valence-corrected chi connectivity index (χ1v) is 10.8. The molecule has 1 aliphatic rings. The molecule has 2 aromatic rings. The average Bonchev–Trinajstić information content (AvgIpc) is 3.20. The number of nitro groups is 1. The van der Waals surface area contributed by atoms with Gasteiger partial charge >= 0.3 is 0 Å². The zero-order chi connectivity index (χ0) is 21.7. The summed E-state index contributed by atoms with van der Waals surface area (Å²) in [5.74, 6) is -0.00545. The Hall–Kier alpha value is -3.01. The van der Waals surface area contributed by atoms with Gasteiger partial charge in [0.05, 0.1) is 10.8 Å². The monoisotopic (exact) mass is 431 g/mol. The van der Waals surface area contributed by atoms with E-state index >= 15 is 0 Å². The molecule has 3 rings (SSSR count). The SMILES string of the molecule is CC(C)CNC(=O)[C@H]1CCCN(C(=O)c2csc(Nc3ccc([N+](=O)[O-])cc3)n2)C1. The highest BCUT2D eigenvalue weighted by Crippen LogP contribution is 2.25. The highest BCUT2D eigenvalue weighted by Gasteiger charge is 2.29. The van der Waals surface area contributed by atoms with Crippen LogP contribution in [0.3, 0.4) is 0 Å². The first-order valence-electron chi connectivity index (χ1n) is 9.87. The van der Waals surface area contributed by atoms with Gasteiger partial charge in [-0.05, 0) is 30.9 Å². The predicted molar refractivity (Wildman–Crippen MR) is 115 cm³/mol. The number of nitro benzene ring substituents is 1. The van der Waals surface area contributed by atoms with Crippen LogP contribution in [-0.4, -0.2) is 46.3 Å². The van der Waals surface area contributed by atoms with Crippen LogP contribution >= 0.6 is 11.3 Å². The van der Waals surface area contributed by atoms with Crippen molar-refractivity contribution < 1.29 is 14.5 Å². The molecular formula is C20H25N5O4S. The Kier molecular flexibility index (Phi) is 6.99. The quantitative estimate of drug-likeness (QED) is 0.512. The van der Waals surface area contributed by atoms with Crippen LogP contribution in [0.5, 0.6) is 0 Å². The van der Waals surface area contributed by atoms with E-state index in [-0.39, 0.29) is 23.4 Å². The van der Waals surface area contributed by atoms with Crippen LogP contribution in [0.4, 0.5) is 16.5 Å². The summed E-state index contributed by atoms with van der Waals surface area (Å²) in [6.45, 7) is 5.72. The number of nitrogens with one attached hydrogen (secondary N) is 2. The molecule has 1 fully saturated rings. The van der Waals surface area contributed by atoms with Gasteiger partial charge in [-0.3, -0.25) is 19.7 Å². The van der Waals surface area contributed by atoms with E-state index in [4.69, 9.17) is 0 Å². The van der Waals surface area contributed by atoms with Gasteiger partial charge in [-0.2, -0.15) is 0 Å². The summed E-state index contributed by atoms with van der Waals surface area (Å²) in [4.78, 5) is 41.5. The number of amides is 2. The molecule has 0 aliphatic carbocycles. The average molecular weight is 432 g/mol. The molecule has 1 saturated heterocycles. The van der Waals surface area contributed by atoms with Crippen molar-refractivity contribution in [3.63, 3.8) is 0 Å². The largest absolute Gasteiger partial charge is 0.356 e. The van der Waals surface area contributed by atoms with Crippen molar-refractivity contribution >= 4 is 39.7 Å². The molecule has 0 bridgehead atoms. The second-order valence-electron chi connectivity index (χ2n) is 7.70. The van der Waals surface area contributed by atoms with Crippen LogP contribution in [0.1, 0.15) is 37.2 Å². The Labute approximate surface area is 178 Å². The van der Waals surface area contributed by atoms with Crippen LogP contribution in [0, 0.1) is 22.0 Å². The summed E-state index contributed by atoms with van der Waals surface area (Å²) in [5, 5.41) is 18.9. The minimum atomic E-state index is -0.459. The molecule has 30 heavy (non-hydrogen) atoms. The number of thiazole rings is 1. The maximum atomic E-state index is 12.9. The van der Waals surface area contributed by atoms with E-state index in [1.54, 1.807) is 22.4 Å². The minimum Gasteiger partial charge on any atom is -0.356 e. The molecule has 9 nitrogen and oxygen atoms in total. The number of non-ortho nitro benzene ring substituents is 1. The molecule has 0 spiro atoms. The lowest BCUT2D eigenvalue weighted by Crippen LogP contribution is -2.46. The van der Waals surface area contributed by atoms with Gasteiger partial charge < -0.3 is 15.5 Å². The van der Waals surface area contributed by atoms with E-state index in [9.17, 15) is 19.7 Å². The Bertz CT molecular complexity index is 912. The van der Waals surface area contributed by atoms with Crippen molar-refractivity contribution in [2.45, 2.75) is 26.7 Å². The van der Waals surface area contributed by atoms with Crippen LogP contribution in [0.25, 0.3) is 0 Å². The number of carbonyl (C=O) groups is 2. The number of hydrogen-bond acceptors (Lipinski definition) is 7. The van der Waals surface area contributed by atoms with E-state index in [1.165, 1.54) is 23.5 Å². The van der Waals surface area contributed by atoms with Gasteiger partial charge in [-0.1, -0.05) is 13.8 Å². The molecule has 1 aromatic heterocycles. The lowest BCUT2D eigenvalue weighted by molar-refractivity contribution is -0.384. The van der Waals surface area contributed by atoms with Gasteiger partial charge in [0.15, 0.2) is 5.13 Å². The number of nitrogens with zero attached hydrogens (tertiary/aromatic N) is 3. The first kappa shape index (κ1) is 21.7. The highest BCUT2D eigenvalue weighted by molar-refractivity contribution is 7.14. The highest BCUT2D eigenvalue weighted by atomic mass is 32.1. The van der Waals surface area contributed by atoms with Crippen molar-refractivity contribution in [1.29, 1.82) is 0 Å². The molecular weight excluding hydrogens is 406 g/mol. The van der Waals surface area contributed by atoms with E-state index in [0.29, 0.717) is 42.1 Å². The number of carbonyl (C=O) groups excluding carboxylic acids is 2. The number of benzene rings is 1. The minimum absolute atomic E-state index is 0.00000421. The molecule has 1 aromatic carbocycles. The number of aromatic nitrogens is 1. The van der Waals surface area contributed by atoms with E-state index in [1.807, 2.05) is 13.8 Å². The smallest absolute Gasteiger partial charge is 0.273 e. The van der Waals surface area contributed by atoms with Crippen molar-refractivity contribution in [3.05, 3.63) is 45.5 Å². The fourth-order valence-electron chi connectivity index (χ4n) is 3.21. The number of anilines is 2. The molecule has 0 unspecified atom stereocenters. The van der Waals surface area contributed by atoms with E-state index < -0.39 is 4.92 Å². The summed E-state index contributed by atoms with van der Waals surface area (Å²) in [5.41, 5.74) is 0.981. The van der Waals surface area contributed by atoms with Gasteiger partial charge in [-0.25, -0.2) is 4.98 Å². The third-order valence-electron chi connectivity index (χ3n) is 4.82. The Morgan fingerprint density at radius 3 is 2.73 bits per heavy atom. The molecule has 2 heterocycles. The summed E-state index contributed by atoms with van der Waals surface area (Å²) >= 11 is 1.28. The number of likely N-dealkylation sites (tertiary alicyclic amines) is 1. The number of rotatable bonds is 7. The summed E-state index contributed by atoms with van der Waals surface area (Å²) in [7, 11) is 0. The third-order valence-corrected chi connectivity index (χ3v) is 5.57. The van der Waals surface area contributed by atoms with Crippen molar-refractivity contribution in [1.82, 2.24) is 15.2 Å². The lowest BCUT2D eigenvalue weighted by Gasteiger charge is -2.31. The summed E-state index contributed by atoms with van der Waals surface area (Å²) in [6.07, 6.45) is 1.56. The standard InChI is InChI=1S/C20H25N5O4S/c1-13(2)10-21-18(26)14-4-3-9-24(11-14)19(27)17-12-30-20(23-17)22-15-5-7-16(8-6-15)25(28)29/h5-8,12-14H,3-4,9-11H2,1-2H3,(H,21,26)(H,22,23)/t14-/m0/s1. The maximum Gasteiger partial charge on any atom is 0.273 e. The van der Waals surface area contributed by atoms with Gasteiger partial charge in [-0.15, -0.1) is 11.3 Å². The van der Waals surface area contributed by atoms with Gasteiger partial charge in [0.25, 0.3) is 11.6 Å². The van der Waals surface area contributed by atoms with Gasteiger partial charge in [0.2, 0.25) is 5.91 Å². The van der Waals surface area contributed by atoms with E-state index in [2.05, 4.69) is 15.6 Å². The third kappa shape index (κ3) is 5.53. The van der Waals surface area contributed by atoms with Crippen LogP contribution in [-0.2, 0) is 4.79 Å². The van der Waals surface area contributed by atoms with Crippen LogP contribution < -0.4 is 10.6 Å². The first-order chi connectivity index (χ1) is 14.3. The topological polar surface area (TPSA) is 117 Å². The zero-order valence-electron chi connectivity index (χ0n) is 17.0. The normalized spacial score (nSPS) is 16.4. The van der Waals surface area contributed by atoms with Gasteiger partial charge in [0.1, 0.15) is 5.69 Å². The zero-order valence-corrected chi connectivity index (χ0v) is 17.8. The van der Waals surface area contributed by atoms with Crippen molar-refractivity contribution in [2.75, 3.05) is 25.0 Å². The van der Waals surface area contributed by atoms with Gasteiger partial charge in [0, 0.05) is 42.8 Å². The molecule has 10 heteroatoms. The molecule has 0 radical (unpaired) electrons. The van der Waals surface area contributed by atoms with Crippen LogP contribution in [0.15, 0.2) is 29.6 Å². The second kappa shape index (κ2) is 9.66. The Balaban J connectivity index is 1.59. The number of hydrogen-bond donors (Lipinski definition) is 2. The van der Waals surface area contributed by atoms with E-state index in [0.717, 1.165) is 12.8 Å². The summed E-state index contributed by atoms with van der Waals surface area (Å²) in [6, 6.07) is 5.98. The molecule has 160 valence electrons. The summed E-state index contributed by atoms with van der Waals surface area (Å²) < 4.78 is 0. The lowest BCUT2D eigenvalue weighted by atomic mass is 9.96. The molecule has 1 atom stereocenters.